The van der Waals surface area contributed by atoms with Gasteiger partial charge < -0.3 is 5.32 Å². The first kappa shape index (κ1) is 12.5. The molecule has 1 rings (SSSR count). The highest BCUT2D eigenvalue weighted by molar-refractivity contribution is 5.87. The molecule has 0 saturated carbocycles. The molecule has 0 aliphatic heterocycles. The van der Waals surface area contributed by atoms with Crippen molar-refractivity contribution in [2.75, 3.05) is 0 Å². The van der Waals surface area contributed by atoms with E-state index in [0.29, 0.717) is 12.5 Å². The van der Waals surface area contributed by atoms with Gasteiger partial charge in [-0.05, 0) is 30.0 Å². The minimum Gasteiger partial charge on any atom is -0.348 e. The molecule has 0 fully saturated rings. The van der Waals surface area contributed by atoms with Crippen LogP contribution in [0.1, 0.15) is 37.8 Å². The molecule has 0 aromatic heterocycles. The molecular formula is C14H19NO. The van der Waals surface area contributed by atoms with Gasteiger partial charge in [-0.25, -0.2) is 0 Å². The Labute approximate surface area is 97.4 Å². The Morgan fingerprint density at radius 2 is 1.94 bits per heavy atom. The number of carbonyl (C=O) groups is 1. The second kappa shape index (κ2) is 6.11. The van der Waals surface area contributed by atoms with Gasteiger partial charge in [0, 0.05) is 6.54 Å². The number of rotatable bonds is 4. The van der Waals surface area contributed by atoms with Crippen LogP contribution in [0.3, 0.4) is 0 Å². The van der Waals surface area contributed by atoms with E-state index in [4.69, 9.17) is 0 Å². The maximum atomic E-state index is 11.2. The van der Waals surface area contributed by atoms with E-state index < -0.39 is 0 Å². The van der Waals surface area contributed by atoms with Crippen LogP contribution in [0.4, 0.5) is 0 Å². The van der Waals surface area contributed by atoms with Crippen LogP contribution in [0.5, 0.6) is 0 Å². The van der Waals surface area contributed by atoms with Crippen molar-refractivity contribution in [2.45, 2.75) is 33.2 Å². The van der Waals surface area contributed by atoms with Crippen LogP contribution in [0, 0.1) is 0 Å². The van der Waals surface area contributed by atoms with Crippen molar-refractivity contribution in [3.8, 4) is 0 Å². The molecule has 0 unspecified atom stereocenters. The van der Waals surface area contributed by atoms with Gasteiger partial charge in [0.2, 0.25) is 5.91 Å². The van der Waals surface area contributed by atoms with Gasteiger partial charge in [-0.1, -0.05) is 44.2 Å². The van der Waals surface area contributed by atoms with Gasteiger partial charge >= 0.3 is 0 Å². The summed E-state index contributed by atoms with van der Waals surface area (Å²) in [5, 5.41) is 2.82. The van der Waals surface area contributed by atoms with E-state index in [2.05, 4.69) is 43.4 Å². The summed E-state index contributed by atoms with van der Waals surface area (Å²) < 4.78 is 0. The lowest BCUT2D eigenvalue weighted by molar-refractivity contribution is -0.116. The van der Waals surface area contributed by atoms with Gasteiger partial charge in [-0.2, -0.15) is 0 Å². The summed E-state index contributed by atoms with van der Waals surface area (Å²) in [6.07, 6.45) is 3.26. The van der Waals surface area contributed by atoms with E-state index in [1.54, 1.807) is 6.08 Å². The van der Waals surface area contributed by atoms with Gasteiger partial charge in [0.1, 0.15) is 0 Å². The highest BCUT2D eigenvalue weighted by Crippen LogP contribution is 2.14. The Hall–Kier alpha value is -1.57. The van der Waals surface area contributed by atoms with Crippen LogP contribution in [0.15, 0.2) is 36.4 Å². The van der Waals surface area contributed by atoms with E-state index in [-0.39, 0.29) is 5.91 Å². The van der Waals surface area contributed by atoms with Crippen LogP contribution in [0.25, 0.3) is 0 Å². The number of allylic oxidation sites excluding steroid dienone is 1. The zero-order chi connectivity index (χ0) is 12.0. The highest BCUT2D eigenvalue weighted by Gasteiger charge is 1.99. The molecule has 0 saturated heterocycles. The standard InChI is InChI=1S/C14H19NO/c1-4-5-14(16)15-10-12-6-8-13(9-7-12)11(2)3/h4-9,11H,10H2,1-3H3,(H,15,16). The second-order valence-corrected chi connectivity index (χ2v) is 4.11. The van der Waals surface area contributed by atoms with E-state index in [1.807, 2.05) is 6.92 Å². The Morgan fingerprint density at radius 3 is 2.44 bits per heavy atom. The molecule has 0 spiro atoms. The average molecular weight is 217 g/mol. The molecular weight excluding hydrogens is 198 g/mol. The van der Waals surface area contributed by atoms with Crippen molar-refractivity contribution in [1.29, 1.82) is 0 Å². The Kier molecular flexibility index (Phi) is 4.77. The van der Waals surface area contributed by atoms with Crippen LogP contribution >= 0.6 is 0 Å². The molecule has 0 atom stereocenters. The molecule has 16 heavy (non-hydrogen) atoms. The van der Waals surface area contributed by atoms with Gasteiger partial charge in [-0.3, -0.25) is 4.79 Å². The monoisotopic (exact) mass is 217 g/mol. The van der Waals surface area contributed by atoms with Gasteiger partial charge in [0.15, 0.2) is 0 Å². The van der Waals surface area contributed by atoms with Crippen molar-refractivity contribution in [1.82, 2.24) is 5.32 Å². The number of carbonyl (C=O) groups excluding carboxylic acids is 1. The zero-order valence-electron chi connectivity index (χ0n) is 10.2. The van der Waals surface area contributed by atoms with E-state index in [0.717, 1.165) is 5.56 Å². The first-order valence-corrected chi connectivity index (χ1v) is 5.63. The Bertz CT molecular complexity index is 363. The van der Waals surface area contributed by atoms with Crippen molar-refractivity contribution >= 4 is 5.91 Å². The zero-order valence-corrected chi connectivity index (χ0v) is 10.2. The predicted octanol–water partition coefficient (Wildman–Crippen LogP) is 3.00. The van der Waals surface area contributed by atoms with Crippen molar-refractivity contribution in [3.05, 3.63) is 47.5 Å². The number of benzene rings is 1. The van der Waals surface area contributed by atoms with Crippen LogP contribution in [-0.4, -0.2) is 5.91 Å². The van der Waals surface area contributed by atoms with Gasteiger partial charge in [0.25, 0.3) is 0 Å². The van der Waals surface area contributed by atoms with Crippen molar-refractivity contribution in [3.63, 3.8) is 0 Å². The molecule has 2 heteroatoms. The third-order valence-corrected chi connectivity index (χ3v) is 2.43. The third-order valence-electron chi connectivity index (χ3n) is 2.43. The normalized spacial score (nSPS) is 11.0. The summed E-state index contributed by atoms with van der Waals surface area (Å²) in [7, 11) is 0. The lowest BCUT2D eigenvalue weighted by Crippen LogP contribution is -2.20. The number of nitrogens with one attached hydrogen (secondary N) is 1. The fraction of sp³-hybridized carbons (Fsp3) is 0.357. The minimum atomic E-state index is -0.0459. The average Bonchev–Trinajstić information content (AvgIpc) is 2.27. The Balaban J connectivity index is 2.52. The van der Waals surface area contributed by atoms with E-state index >= 15 is 0 Å². The largest absolute Gasteiger partial charge is 0.348 e. The molecule has 1 aromatic carbocycles. The lowest BCUT2D eigenvalue weighted by atomic mass is 10.0. The lowest BCUT2D eigenvalue weighted by Gasteiger charge is -2.07. The first-order chi connectivity index (χ1) is 7.63. The quantitative estimate of drug-likeness (QED) is 0.772. The van der Waals surface area contributed by atoms with Crippen molar-refractivity contribution < 1.29 is 4.79 Å². The van der Waals surface area contributed by atoms with E-state index in [1.165, 1.54) is 11.6 Å². The second-order valence-electron chi connectivity index (χ2n) is 4.11. The molecule has 0 bridgehead atoms. The first-order valence-electron chi connectivity index (χ1n) is 5.63. The molecule has 0 radical (unpaired) electrons. The maximum Gasteiger partial charge on any atom is 0.243 e. The van der Waals surface area contributed by atoms with Crippen LogP contribution in [0.2, 0.25) is 0 Å². The fourth-order valence-electron chi connectivity index (χ4n) is 1.42. The summed E-state index contributed by atoms with van der Waals surface area (Å²) in [6.45, 7) is 6.75. The summed E-state index contributed by atoms with van der Waals surface area (Å²) in [5.41, 5.74) is 2.45. The maximum absolute atomic E-state index is 11.2. The van der Waals surface area contributed by atoms with Crippen LogP contribution in [-0.2, 0) is 11.3 Å². The van der Waals surface area contributed by atoms with Gasteiger partial charge in [0.05, 0.1) is 0 Å². The minimum absolute atomic E-state index is 0.0459. The van der Waals surface area contributed by atoms with Crippen molar-refractivity contribution in [2.24, 2.45) is 0 Å². The number of hydrogen-bond donors (Lipinski definition) is 1. The Morgan fingerprint density at radius 1 is 1.31 bits per heavy atom. The van der Waals surface area contributed by atoms with Crippen LogP contribution < -0.4 is 5.32 Å². The molecule has 1 amide bonds. The fourth-order valence-corrected chi connectivity index (χ4v) is 1.42. The third kappa shape index (κ3) is 3.89. The molecule has 0 aliphatic carbocycles. The summed E-state index contributed by atoms with van der Waals surface area (Å²) in [4.78, 5) is 11.2. The molecule has 1 N–H and O–H groups in total. The highest BCUT2D eigenvalue weighted by atomic mass is 16.1. The molecule has 2 nitrogen and oxygen atoms in total. The SMILES string of the molecule is CC=CC(=O)NCc1ccc(C(C)C)cc1. The van der Waals surface area contributed by atoms with Gasteiger partial charge in [-0.15, -0.1) is 0 Å². The summed E-state index contributed by atoms with van der Waals surface area (Å²) in [6, 6.07) is 8.35. The predicted molar refractivity (Wildman–Crippen MR) is 67.2 cm³/mol. The molecule has 0 heterocycles. The van der Waals surface area contributed by atoms with E-state index in [9.17, 15) is 4.79 Å². The number of amides is 1. The topological polar surface area (TPSA) is 29.1 Å². The summed E-state index contributed by atoms with van der Waals surface area (Å²) in [5.74, 6) is 0.502. The molecule has 0 aliphatic rings. The molecule has 1 aromatic rings. The summed E-state index contributed by atoms with van der Waals surface area (Å²) >= 11 is 0. The number of hydrogen-bond acceptors (Lipinski definition) is 1. The molecule has 86 valence electrons. The smallest absolute Gasteiger partial charge is 0.243 e.